The van der Waals surface area contributed by atoms with Crippen molar-refractivity contribution in [2.24, 2.45) is 5.10 Å². The maximum absolute atomic E-state index is 13.7. The second-order valence-corrected chi connectivity index (χ2v) is 11.0. The number of carbonyl (C=O) groups is 1. The molecule has 0 unspecified atom stereocenters. The Hall–Kier alpha value is -4.41. The van der Waals surface area contributed by atoms with E-state index in [0.29, 0.717) is 5.75 Å². The second kappa shape index (κ2) is 12.6. The van der Waals surface area contributed by atoms with Gasteiger partial charge in [0.05, 0.1) is 31.9 Å². The van der Waals surface area contributed by atoms with Crippen LogP contribution in [0.1, 0.15) is 22.5 Å². The van der Waals surface area contributed by atoms with Crippen molar-refractivity contribution in [3.05, 3.63) is 107 Å². The highest BCUT2D eigenvalue weighted by Crippen LogP contribution is 2.31. The largest absolute Gasteiger partial charge is 0.493 e. The van der Waals surface area contributed by atoms with Gasteiger partial charge in [0.1, 0.15) is 0 Å². The average Bonchev–Trinajstić information content (AvgIpc) is 3.25. The van der Waals surface area contributed by atoms with E-state index >= 15 is 0 Å². The number of aromatic nitrogens is 1. The van der Waals surface area contributed by atoms with Gasteiger partial charge in [0, 0.05) is 35.2 Å². The lowest BCUT2D eigenvalue weighted by Crippen LogP contribution is -2.39. The van der Waals surface area contributed by atoms with Crippen molar-refractivity contribution in [1.29, 1.82) is 0 Å². The van der Waals surface area contributed by atoms with Gasteiger partial charge in [0.25, 0.3) is 5.91 Å². The number of hydrogen-bond donors (Lipinski definition) is 1. The Morgan fingerprint density at radius 1 is 0.925 bits per heavy atom. The van der Waals surface area contributed by atoms with Crippen LogP contribution < -0.4 is 14.9 Å². The van der Waals surface area contributed by atoms with Crippen molar-refractivity contribution in [2.75, 3.05) is 20.8 Å². The summed E-state index contributed by atoms with van der Waals surface area (Å²) >= 11 is 0. The molecule has 1 N–H and O–H groups in total. The normalized spacial score (nSPS) is 11.6. The number of para-hydroxylation sites is 1. The number of ether oxygens (including phenoxy) is 2. The molecule has 10 heteroatoms. The van der Waals surface area contributed by atoms with Crippen LogP contribution in [0, 0.1) is 13.8 Å². The van der Waals surface area contributed by atoms with E-state index in [1.54, 1.807) is 18.3 Å². The molecule has 1 amide bonds. The Labute approximate surface area is 234 Å². The van der Waals surface area contributed by atoms with Gasteiger partial charge in [-0.3, -0.25) is 4.79 Å². The third-order valence-electron chi connectivity index (χ3n) is 6.39. The molecular formula is C30H32N4O5S. The minimum Gasteiger partial charge on any atom is -0.493 e. The molecule has 0 spiro atoms. The van der Waals surface area contributed by atoms with Crippen molar-refractivity contribution >= 4 is 22.1 Å². The van der Waals surface area contributed by atoms with Crippen molar-refractivity contribution in [2.45, 2.75) is 25.3 Å². The number of carbonyl (C=O) groups excluding carboxylic acids is 1. The summed E-state index contributed by atoms with van der Waals surface area (Å²) in [7, 11) is -1.19. The Morgan fingerprint density at radius 2 is 1.57 bits per heavy atom. The van der Waals surface area contributed by atoms with E-state index < -0.39 is 22.5 Å². The molecule has 0 atom stereocenters. The maximum Gasteiger partial charge on any atom is 0.255 e. The molecular weight excluding hydrogens is 528 g/mol. The fourth-order valence-electron chi connectivity index (χ4n) is 4.40. The number of rotatable bonds is 11. The van der Waals surface area contributed by atoms with Gasteiger partial charge >= 0.3 is 0 Å². The molecule has 0 fully saturated rings. The molecule has 9 nitrogen and oxygen atoms in total. The van der Waals surface area contributed by atoms with Crippen LogP contribution in [-0.2, 0) is 21.4 Å². The Morgan fingerprint density at radius 3 is 2.23 bits per heavy atom. The third kappa shape index (κ3) is 6.41. The molecule has 0 aliphatic rings. The van der Waals surface area contributed by atoms with Gasteiger partial charge in [-0.2, -0.15) is 9.41 Å². The number of nitrogens with one attached hydrogen (secondary N) is 1. The fourth-order valence-corrected chi connectivity index (χ4v) is 5.80. The van der Waals surface area contributed by atoms with Crippen LogP contribution in [0.4, 0.5) is 0 Å². The first-order valence-corrected chi connectivity index (χ1v) is 14.0. The molecule has 0 saturated carbocycles. The predicted octanol–water partition coefficient (Wildman–Crippen LogP) is 4.45. The average molecular weight is 561 g/mol. The minimum absolute atomic E-state index is 0.00706. The molecule has 1 aromatic heterocycles. The van der Waals surface area contributed by atoms with Crippen LogP contribution in [0.5, 0.6) is 11.5 Å². The zero-order chi connectivity index (χ0) is 28.7. The van der Waals surface area contributed by atoms with E-state index in [4.69, 9.17) is 9.47 Å². The molecule has 208 valence electrons. The summed E-state index contributed by atoms with van der Waals surface area (Å²) in [5, 5.41) is 4.12. The van der Waals surface area contributed by atoms with Crippen LogP contribution >= 0.6 is 0 Å². The lowest BCUT2D eigenvalue weighted by Gasteiger charge is -2.22. The van der Waals surface area contributed by atoms with Gasteiger partial charge < -0.3 is 14.0 Å². The van der Waals surface area contributed by atoms with E-state index in [2.05, 4.69) is 15.1 Å². The van der Waals surface area contributed by atoms with Gasteiger partial charge in [0.2, 0.25) is 10.0 Å². The lowest BCUT2D eigenvalue weighted by atomic mass is 10.2. The number of hydrogen-bond acceptors (Lipinski definition) is 6. The standard InChI is InChI=1S/C30H32N4O5S/c1-22-17-25(23(2)34(22)26-13-9-6-10-14-26)19-31-32-30(35)21-33(20-24-11-7-5-8-12-24)40(36,37)27-15-16-28(38-3)29(18-27)39-4/h5-19H,20-21H2,1-4H3,(H,32,35)/b31-19-. The number of nitrogens with zero attached hydrogens (tertiary/aromatic N) is 3. The predicted molar refractivity (Wildman–Crippen MR) is 155 cm³/mol. The maximum atomic E-state index is 13.7. The summed E-state index contributed by atoms with van der Waals surface area (Å²) < 4.78 is 41.0. The summed E-state index contributed by atoms with van der Waals surface area (Å²) in [6.45, 7) is 3.52. The molecule has 0 aliphatic heterocycles. The number of amides is 1. The first kappa shape index (κ1) is 28.6. The SMILES string of the molecule is COc1ccc(S(=O)(=O)N(CC(=O)N/N=C\c2cc(C)n(-c3ccccc3)c2C)Cc2ccccc2)cc1OC. The zero-order valence-electron chi connectivity index (χ0n) is 22.9. The fraction of sp³-hybridized carbons (Fsp3) is 0.200. The molecule has 0 saturated heterocycles. The minimum atomic E-state index is -4.09. The summed E-state index contributed by atoms with van der Waals surface area (Å²) in [6, 6.07) is 25.3. The molecule has 0 aliphatic carbocycles. The summed E-state index contributed by atoms with van der Waals surface area (Å²) in [6.07, 6.45) is 1.56. The summed E-state index contributed by atoms with van der Waals surface area (Å²) in [5.74, 6) is 0.0910. The molecule has 4 aromatic rings. The molecule has 0 radical (unpaired) electrons. The van der Waals surface area contributed by atoms with Crippen LogP contribution in [0.15, 0.2) is 94.9 Å². The molecule has 4 rings (SSSR count). The Kier molecular flexibility index (Phi) is 9.03. The van der Waals surface area contributed by atoms with E-state index in [-0.39, 0.29) is 17.2 Å². The molecule has 40 heavy (non-hydrogen) atoms. The monoisotopic (exact) mass is 560 g/mol. The van der Waals surface area contributed by atoms with E-state index in [1.807, 2.05) is 68.4 Å². The first-order chi connectivity index (χ1) is 19.2. The summed E-state index contributed by atoms with van der Waals surface area (Å²) in [4.78, 5) is 12.9. The first-order valence-electron chi connectivity index (χ1n) is 12.6. The third-order valence-corrected chi connectivity index (χ3v) is 8.18. The molecule has 3 aromatic carbocycles. The van der Waals surface area contributed by atoms with Crippen LogP contribution in [0.25, 0.3) is 5.69 Å². The highest BCUT2D eigenvalue weighted by Gasteiger charge is 2.28. The highest BCUT2D eigenvalue weighted by molar-refractivity contribution is 7.89. The quantitative estimate of drug-likeness (QED) is 0.216. The van der Waals surface area contributed by atoms with E-state index in [0.717, 1.165) is 32.5 Å². The lowest BCUT2D eigenvalue weighted by molar-refractivity contribution is -0.121. The van der Waals surface area contributed by atoms with Crippen LogP contribution in [-0.4, -0.2) is 50.2 Å². The van der Waals surface area contributed by atoms with Gasteiger partial charge in [-0.25, -0.2) is 13.8 Å². The number of hydrazone groups is 1. The second-order valence-electron chi connectivity index (χ2n) is 9.07. The van der Waals surface area contributed by atoms with Crippen LogP contribution in [0.2, 0.25) is 0 Å². The van der Waals surface area contributed by atoms with Crippen molar-refractivity contribution < 1.29 is 22.7 Å². The van der Waals surface area contributed by atoms with Gasteiger partial charge in [-0.1, -0.05) is 48.5 Å². The molecule has 1 heterocycles. The highest BCUT2D eigenvalue weighted by atomic mass is 32.2. The smallest absolute Gasteiger partial charge is 0.255 e. The van der Waals surface area contributed by atoms with Crippen molar-refractivity contribution in [3.63, 3.8) is 0 Å². The van der Waals surface area contributed by atoms with Crippen molar-refractivity contribution in [1.82, 2.24) is 14.3 Å². The topological polar surface area (TPSA) is 102 Å². The van der Waals surface area contributed by atoms with E-state index in [9.17, 15) is 13.2 Å². The number of aryl methyl sites for hydroxylation is 1. The van der Waals surface area contributed by atoms with Gasteiger partial charge in [-0.15, -0.1) is 0 Å². The van der Waals surface area contributed by atoms with Crippen LogP contribution in [0.3, 0.4) is 0 Å². The van der Waals surface area contributed by atoms with E-state index in [1.165, 1.54) is 32.4 Å². The van der Waals surface area contributed by atoms with Gasteiger partial charge in [-0.05, 0) is 49.7 Å². The summed E-state index contributed by atoms with van der Waals surface area (Å²) in [5.41, 5.74) is 7.05. The zero-order valence-corrected chi connectivity index (χ0v) is 23.7. The Bertz CT molecular complexity index is 1600. The van der Waals surface area contributed by atoms with Gasteiger partial charge in [0.15, 0.2) is 11.5 Å². The molecule has 0 bridgehead atoms. The Balaban J connectivity index is 1.54. The number of sulfonamides is 1. The van der Waals surface area contributed by atoms with Crippen molar-refractivity contribution in [3.8, 4) is 17.2 Å². The number of benzene rings is 3. The number of methoxy groups -OCH3 is 2.